The van der Waals surface area contributed by atoms with Gasteiger partial charge in [-0.1, -0.05) is 0 Å². The molecule has 4 atom stereocenters. The van der Waals surface area contributed by atoms with Gasteiger partial charge in [-0.25, -0.2) is 15.0 Å². The quantitative estimate of drug-likeness (QED) is 0.626. The second-order valence-electron chi connectivity index (χ2n) is 5.14. The van der Waals surface area contributed by atoms with E-state index in [9.17, 15) is 10.2 Å². The highest BCUT2D eigenvalue weighted by Crippen LogP contribution is 2.32. The molecule has 0 bridgehead atoms. The highest BCUT2D eigenvalue weighted by Gasteiger charge is 2.44. The van der Waals surface area contributed by atoms with Crippen LogP contribution >= 0.6 is 0 Å². The Morgan fingerprint density at radius 2 is 2.00 bits per heavy atom. The van der Waals surface area contributed by atoms with Crippen molar-refractivity contribution in [2.45, 2.75) is 24.5 Å². The summed E-state index contributed by atoms with van der Waals surface area (Å²) in [4.78, 5) is 14.4. The van der Waals surface area contributed by atoms with Crippen LogP contribution in [0.25, 0.3) is 11.2 Å². The molecule has 114 valence electrons. The van der Waals surface area contributed by atoms with Crippen molar-refractivity contribution in [3.8, 4) is 0 Å². The number of hydrogen-bond acceptors (Lipinski definition) is 8. The van der Waals surface area contributed by atoms with Gasteiger partial charge in [0.15, 0.2) is 23.2 Å². The van der Waals surface area contributed by atoms with Crippen molar-refractivity contribution in [1.29, 1.82) is 0 Å². The molecule has 0 aromatic carbocycles. The van der Waals surface area contributed by atoms with Crippen LogP contribution in [0.15, 0.2) is 12.7 Å². The van der Waals surface area contributed by atoms with E-state index in [1.54, 1.807) is 4.90 Å². The molecule has 3 N–H and O–H groups in total. The number of hydrogen-bond donors (Lipinski definition) is 3. The summed E-state index contributed by atoms with van der Waals surface area (Å²) in [6.45, 7) is -0.376. The molecule has 0 spiro atoms. The molecule has 0 radical (unpaired) electrons. The lowest BCUT2D eigenvalue weighted by Gasteiger charge is -2.17. The highest BCUT2D eigenvalue weighted by atomic mass is 16.6. The van der Waals surface area contributed by atoms with Gasteiger partial charge >= 0.3 is 0 Å². The predicted molar refractivity (Wildman–Crippen MR) is 72.7 cm³/mol. The molecule has 9 nitrogen and oxygen atoms in total. The van der Waals surface area contributed by atoms with Crippen molar-refractivity contribution in [3.63, 3.8) is 0 Å². The van der Waals surface area contributed by atoms with Gasteiger partial charge in [0.25, 0.3) is 0 Å². The van der Waals surface area contributed by atoms with Crippen LogP contribution in [0.4, 0.5) is 5.82 Å². The van der Waals surface area contributed by atoms with Crippen LogP contribution in [0.3, 0.4) is 0 Å². The van der Waals surface area contributed by atoms with Gasteiger partial charge in [0.1, 0.15) is 24.6 Å². The van der Waals surface area contributed by atoms with Crippen molar-refractivity contribution >= 4 is 17.0 Å². The molecule has 0 unspecified atom stereocenters. The number of imidazole rings is 1. The molecule has 3 rings (SSSR count). The van der Waals surface area contributed by atoms with Crippen molar-refractivity contribution in [3.05, 3.63) is 12.7 Å². The molecule has 1 fully saturated rings. The Hall–Kier alpha value is -1.81. The molecule has 1 aliphatic rings. The Balaban J connectivity index is 2.04. The molecule has 21 heavy (non-hydrogen) atoms. The van der Waals surface area contributed by atoms with Crippen LogP contribution in [0.2, 0.25) is 0 Å². The zero-order chi connectivity index (χ0) is 15.1. The summed E-state index contributed by atoms with van der Waals surface area (Å²) in [6.07, 6.45) is -1.14. The van der Waals surface area contributed by atoms with Crippen molar-refractivity contribution in [2.24, 2.45) is 0 Å². The minimum absolute atomic E-state index is 0.376. The van der Waals surface area contributed by atoms with Gasteiger partial charge in [-0.15, -0.1) is 0 Å². The molecule has 2 aromatic heterocycles. The molecule has 2 aromatic rings. The monoisotopic (exact) mass is 295 g/mol. The number of aliphatic hydroxyl groups is 3. The maximum atomic E-state index is 10.1. The number of anilines is 1. The minimum Gasteiger partial charge on any atom is -0.394 e. The first-order valence-electron chi connectivity index (χ1n) is 6.52. The number of aromatic nitrogens is 4. The predicted octanol–water partition coefficient (Wildman–Crippen LogP) is -1.50. The Morgan fingerprint density at radius 1 is 1.24 bits per heavy atom. The van der Waals surface area contributed by atoms with E-state index in [1.807, 2.05) is 14.1 Å². The van der Waals surface area contributed by atoms with Gasteiger partial charge in [0, 0.05) is 14.1 Å². The second kappa shape index (κ2) is 5.19. The first-order valence-corrected chi connectivity index (χ1v) is 6.52. The third-order valence-electron chi connectivity index (χ3n) is 3.55. The summed E-state index contributed by atoms with van der Waals surface area (Å²) < 4.78 is 7.02. The van der Waals surface area contributed by atoms with Gasteiger partial charge in [0.2, 0.25) is 0 Å². The van der Waals surface area contributed by atoms with E-state index in [1.165, 1.54) is 17.2 Å². The summed E-state index contributed by atoms with van der Waals surface area (Å²) in [6, 6.07) is 0. The zero-order valence-electron chi connectivity index (χ0n) is 11.7. The van der Waals surface area contributed by atoms with Crippen molar-refractivity contribution < 1.29 is 20.1 Å². The zero-order valence-corrected chi connectivity index (χ0v) is 11.7. The maximum absolute atomic E-state index is 10.1. The normalized spacial score (nSPS) is 29.2. The Bertz CT molecular complexity index is 646. The molecule has 9 heteroatoms. The standard InChI is InChI=1S/C12H17N5O4/c1-16(2)10-7-11(14-4-13-10)17(5-15-7)12-9(20)8(19)6(3-18)21-12/h4-6,8-9,12,18-20H,3H2,1-2H3/t6-,8+,9+,12+/m1/s1. The topological polar surface area (TPSA) is 117 Å². The minimum atomic E-state index is -1.17. The molecule has 1 saturated heterocycles. The third kappa shape index (κ3) is 2.14. The van der Waals surface area contributed by atoms with Gasteiger partial charge in [-0.2, -0.15) is 0 Å². The summed E-state index contributed by atoms with van der Waals surface area (Å²) in [7, 11) is 3.68. The lowest BCUT2D eigenvalue weighted by Crippen LogP contribution is -2.33. The molecule has 3 heterocycles. The molecular weight excluding hydrogens is 278 g/mol. The van der Waals surface area contributed by atoms with Crippen molar-refractivity contribution in [2.75, 3.05) is 25.6 Å². The van der Waals surface area contributed by atoms with Crippen LogP contribution in [0, 0.1) is 0 Å². The largest absolute Gasteiger partial charge is 0.394 e. The van der Waals surface area contributed by atoms with Gasteiger partial charge < -0.3 is 25.0 Å². The summed E-state index contributed by atoms with van der Waals surface area (Å²) in [5.74, 6) is 0.644. The fraction of sp³-hybridized carbons (Fsp3) is 0.583. The van der Waals surface area contributed by atoms with Crippen LogP contribution in [0.1, 0.15) is 6.23 Å². The number of rotatable bonds is 3. The first kappa shape index (κ1) is 14.1. The smallest absolute Gasteiger partial charge is 0.167 e. The van der Waals surface area contributed by atoms with E-state index in [0.717, 1.165) is 0 Å². The Morgan fingerprint density at radius 3 is 2.62 bits per heavy atom. The van der Waals surface area contributed by atoms with E-state index in [2.05, 4.69) is 15.0 Å². The molecule has 0 amide bonds. The number of nitrogens with zero attached hydrogens (tertiary/aromatic N) is 5. The maximum Gasteiger partial charge on any atom is 0.167 e. The lowest BCUT2D eigenvalue weighted by atomic mass is 10.1. The average molecular weight is 295 g/mol. The number of aliphatic hydroxyl groups excluding tert-OH is 3. The van der Waals surface area contributed by atoms with E-state index in [4.69, 9.17) is 9.84 Å². The number of ether oxygens (including phenoxy) is 1. The molecule has 0 aliphatic carbocycles. The van der Waals surface area contributed by atoms with Crippen LogP contribution in [-0.2, 0) is 4.74 Å². The SMILES string of the molecule is CN(C)c1ncnc2c1ncn2[C@H]1O[C@H](CO)[C@H](O)[C@@H]1O. The summed E-state index contributed by atoms with van der Waals surface area (Å²) in [5.41, 5.74) is 1.06. The van der Waals surface area contributed by atoms with Crippen LogP contribution in [0.5, 0.6) is 0 Å². The fourth-order valence-corrected chi connectivity index (χ4v) is 2.46. The highest BCUT2D eigenvalue weighted by molar-refractivity contribution is 5.83. The van der Waals surface area contributed by atoms with Gasteiger partial charge in [-0.3, -0.25) is 4.57 Å². The molecule has 1 aliphatic heterocycles. The summed E-state index contributed by atoms with van der Waals surface area (Å²) >= 11 is 0. The van der Waals surface area contributed by atoms with Crippen molar-refractivity contribution in [1.82, 2.24) is 19.5 Å². The van der Waals surface area contributed by atoms with E-state index < -0.39 is 24.5 Å². The third-order valence-corrected chi connectivity index (χ3v) is 3.55. The Labute approximate surface area is 120 Å². The van der Waals surface area contributed by atoms with Gasteiger partial charge in [-0.05, 0) is 0 Å². The average Bonchev–Trinajstić information content (AvgIpc) is 3.01. The lowest BCUT2D eigenvalue weighted by molar-refractivity contribution is -0.0511. The molecular formula is C12H17N5O4. The first-order chi connectivity index (χ1) is 10.0. The second-order valence-corrected chi connectivity index (χ2v) is 5.14. The summed E-state index contributed by atoms with van der Waals surface area (Å²) in [5, 5.41) is 29.1. The van der Waals surface area contributed by atoms with E-state index in [-0.39, 0.29) is 6.61 Å². The van der Waals surface area contributed by atoms with E-state index >= 15 is 0 Å². The number of fused-ring (bicyclic) bond motifs is 1. The van der Waals surface area contributed by atoms with Gasteiger partial charge in [0.05, 0.1) is 12.9 Å². The van der Waals surface area contributed by atoms with Crippen LogP contribution in [-0.4, -0.2) is 73.9 Å². The molecule has 0 saturated carbocycles. The fourth-order valence-electron chi connectivity index (χ4n) is 2.46. The Kier molecular flexibility index (Phi) is 3.49. The van der Waals surface area contributed by atoms with E-state index in [0.29, 0.717) is 17.0 Å². The van der Waals surface area contributed by atoms with Crippen LogP contribution < -0.4 is 4.90 Å².